The van der Waals surface area contributed by atoms with E-state index >= 15 is 0 Å². The molecule has 2 amide bonds. The molecular weight excluding hydrogens is 277 g/mol. The lowest BCUT2D eigenvalue weighted by Gasteiger charge is -2.15. The number of rotatable bonds is 2. The Hall–Kier alpha value is -1.52. The van der Waals surface area contributed by atoms with E-state index in [1.54, 1.807) is 0 Å². The number of cyclic esters (lactones) is 1. The Morgan fingerprint density at radius 1 is 1.39 bits per heavy atom. The second-order valence-electron chi connectivity index (χ2n) is 3.92. The maximum Gasteiger partial charge on any atom is 0.422 e. The van der Waals surface area contributed by atoms with Crippen molar-refractivity contribution in [3.63, 3.8) is 0 Å². The number of anilines is 1. The highest BCUT2D eigenvalue weighted by molar-refractivity contribution is 6.38. The van der Waals surface area contributed by atoms with Gasteiger partial charge in [0.25, 0.3) is 5.91 Å². The van der Waals surface area contributed by atoms with Gasteiger partial charge in [-0.2, -0.15) is 0 Å². The van der Waals surface area contributed by atoms with Gasteiger partial charge in [0.1, 0.15) is 0 Å². The van der Waals surface area contributed by atoms with E-state index in [0.29, 0.717) is 5.02 Å². The second kappa shape index (κ2) is 4.30. The SMILES string of the molecule is C=CC1(C)OC(=O)N(c2ccc(Cl)cc2Cl)C1=O. The molecule has 1 aliphatic heterocycles. The molecule has 94 valence electrons. The summed E-state index contributed by atoms with van der Waals surface area (Å²) < 4.78 is 4.99. The number of hydrogen-bond donors (Lipinski definition) is 0. The number of amides is 2. The first kappa shape index (κ1) is 12.9. The van der Waals surface area contributed by atoms with Crippen molar-refractivity contribution >= 4 is 40.9 Å². The van der Waals surface area contributed by atoms with Crippen LogP contribution in [0.25, 0.3) is 0 Å². The molecule has 0 spiro atoms. The summed E-state index contributed by atoms with van der Waals surface area (Å²) in [4.78, 5) is 24.7. The van der Waals surface area contributed by atoms with E-state index in [4.69, 9.17) is 27.9 Å². The molecule has 1 aromatic rings. The summed E-state index contributed by atoms with van der Waals surface area (Å²) in [7, 11) is 0. The number of halogens is 2. The van der Waals surface area contributed by atoms with Crippen LogP contribution in [-0.4, -0.2) is 17.6 Å². The lowest BCUT2D eigenvalue weighted by Crippen LogP contribution is -2.37. The number of imide groups is 1. The normalized spacial score (nSPS) is 23.2. The fourth-order valence-electron chi connectivity index (χ4n) is 1.57. The van der Waals surface area contributed by atoms with Gasteiger partial charge in [0.15, 0.2) is 0 Å². The average Bonchev–Trinajstić information content (AvgIpc) is 2.52. The second-order valence-corrected chi connectivity index (χ2v) is 4.76. The number of ether oxygens (including phenoxy) is 1. The lowest BCUT2D eigenvalue weighted by atomic mass is 10.1. The molecule has 1 heterocycles. The van der Waals surface area contributed by atoms with E-state index in [0.717, 1.165) is 4.90 Å². The standard InChI is InChI=1S/C12H9Cl2NO3/c1-3-12(2)10(16)15(11(17)18-12)9-5-4-7(13)6-8(9)14/h3-6H,1H2,2H3. The van der Waals surface area contributed by atoms with E-state index in [9.17, 15) is 9.59 Å². The van der Waals surface area contributed by atoms with Crippen LogP contribution in [0.5, 0.6) is 0 Å². The van der Waals surface area contributed by atoms with E-state index in [-0.39, 0.29) is 10.7 Å². The first-order valence-corrected chi connectivity index (χ1v) is 5.81. The van der Waals surface area contributed by atoms with Gasteiger partial charge < -0.3 is 4.74 Å². The molecule has 1 fully saturated rings. The third kappa shape index (κ3) is 1.87. The summed E-state index contributed by atoms with van der Waals surface area (Å²) in [6, 6.07) is 4.47. The third-order valence-electron chi connectivity index (χ3n) is 2.65. The van der Waals surface area contributed by atoms with Crippen LogP contribution in [0.2, 0.25) is 10.0 Å². The molecule has 0 aliphatic carbocycles. The van der Waals surface area contributed by atoms with Gasteiger partial charge >= 0.3 is 6.09 Å². The van der Waals surface area contributed by atoms with E-state index in [1.165, 1.54) is 31.2 Å². The molecule has 2 rings (SSSR count). The van der Waals surface area contributed by atoms with Crippen molar-refractivity contribution in [2.45, 2.75) is 12.5 Å². The minimum Gasteiger partial charge on any atom is -0.428 e. The van der Waals surface area contributed by atoms with Crippen molar-refractivity contribution in [1.82, 2.24) is 0 Å². The summed E-state index contributed by atoms with van der Waals surface area (Å²) in [6.45, 7) is 4.95. The van der Waals surface area contributed by atoms with Crippen LogP contribution in [0.1, 0.15) is 6.92 Å². The van der Waals surface area contributed by atoms with Crippen LogP contribution in [0, 0.1) is 0 Å². The van der Waals surface area contributed by atoms with Crippen LogP contribution in [-0.2, 0) is 9.53 Å². The molecule has 1 unspecified atom stereocenters. The van der Waals surface area contributed by atoms with E-state index < -0.39 is 17.6 Å². The molecule has 6 heteroatoms. The number of carbonyl (C=O) groups excluding carboxylic acids is 2. The maximum absolute atomic E-state index is 12.1. The van der Waals surface area contributed by atoms with Crippen molar-refractivity contribution < 1.29 is 14.3 Å². The van der Waals surface area contributed by atoms with E-state index in [2.05, 4.69) is 6.58 Å². The molecule has 18 heavy (non-hydrogen) atoms. The predicted octanol–water partition coefficient (Wildman–Crippen LogP) is 3.42. The topological polar surface area (TPSA) is 46.6 Å². The van der Waals surface area contributed by atoms with E-state index in [1.807, 2.05) is 0 Å². The van der Waals surface area contributed by atoms with Gasteiger partial charge in [-0.25, -0.2) is 9.69 Å². The fourth-order valence-corrected chi connectivity index (χ4v) is 2.07. The monoisotopic (exact) mass is 285 g/mol. The van der Waals surface area contributed by atoms with Gasteiger partial charge in [-0.15, -0.1) is 0 Å². The predicted molar refractivity (Wildman–Crippen MR) is 69.0 cm³/mol. The molecule has 1 saturated heterocycles. The van der Waals surface area contributed by atoms with Crippen molar-refractivity contribution in [2.75, 3.05) is 4.90 Å². The number of benzene rings is 1. The molecule has 0 bridgehead atoms. The van der Waals surface area contributed by atoms with Gasteiger partial charge in [0.2, 0.25) is 5.60 Å². The summed E-state index contributed by atoms with van der Waals surface area (Å²) >= 11 is 11.7. The third-order valence-corrected chi connectivity index (χ3v) is 3.19. The van der Waals surface area contributed by atoms with Gasteiger partial charge in [-0.1, -0.05) is 29.8 Å². The Bertz CT molecular complexity index is 558. The summed E-state index contributed by atoms with van der Waals surface area (Å²) in [6.07, 6.45) is 0.489. The Labute approximate surface area is 114 Å². The van der Waals surface area contributed by atoms with Gasteiger partial charge in [-0.3, -0.25) is 4.79 Å². The largest absolute Gasteiger partial charge is 0.428 e. The Kier molecular flexibility index (Phi) is 3.09. The Balaban J connectivity index is 2.49. The van der Waals surface area contributed by atoms with Crippen molar-refractivity contribution in [1.29, 1.82) is 0 Å². The molecule has 0 aromatic heterocycles. The van der Waals surface area contributed by atoms with Crippen molar-refractivity contribution in [3.8, 4) is 0 Å². The summed E-state index contributed by atoms with van der Waals surface area (Å²) in [5, 5.41) is 0.608. The molecule has 1 aromatic carbocycles. The maximum atomic E-state index is 12.1. The molecule has 0 radical (unpaired) electrons. The lowest BCUT2D eigenvalue weighted by molar-refractivity contribution is -0.125. The Morgan fingerprint density at radius 3 is 2.56 bits per heavy atom. The minimum absolute atomic E-state index is 0.195. The Morgan fingerprint density at radius 2 is 2.06 bits per heavy atom. The number of hydrogen-bond acceptors (Lipinski definition) is 3. The molecule has 4 nitrogen and oxygen atoms in total. The quantitative estimate of drug-likeness (QED) is 0.782. The zero-order valence-electron chi connectivity index (χ0n) is 9.44. The number of carbonyl (C=O) groups is 2. The highest BCUT2D eigenvalue weighted by Crippen LogP contribution is 2.35. The highest BCUT2D eigenvalue weighted by atomic mass is 35.5. The van der Waals surface area contributed by atoms with Crippen LogP contribution in [0.15, 0.2) is 30.9 Å². The molecule has 1 atom stereocenters. The molecule has 0 N–H and O–H groups in total. The van der Waals surface area contributed by atoms with Gasteiger partial charge in [0.05, 0.1) is 10.7 Å². The highest BCUT2D eigenvalue weighted by Gasteiger charge is 2.49. The van der Waals surface area contributed by atoms with Crippen molar-refractivity contribution in [3.05, 3.63) is 40.9 Å². The number of nitrogens with zero attached hydrogens (tertiary/aromatic N) is 1. The van der Waals surface area contributed by atoms with Crippen LogP contribution in [0.4, 0.5) is 10.5 Å². The zero-order chi connectivity index (χ0) is 13.5. The smallest absolute Gasteiger partial charge is 0.422 e. The van der Waals surface area contributed by atoms with Crippen LogP contribution in [0.3, 0.4) is 0 Å². The van der Waals surface area contributed by atoms with Crippen LogP contribution < -0.4 is 4.90 Å². The molecular formula is C12H9Cl2NO3. The minimum atomic E-state index is -1.36. The van der Waals surface area contributed by atoms with Crippen molar-refractivity contribution in [2.24, 2.45) is 0 Å². The van der Waals surface area contributed by atoms with Crippen LogP contribution >= 0.6 is 23.2 Å². The van der Waals surface area contributed by atoms with Gasteiger partial charge in [-0.05, 0) is 31.2 Å². The first-order valence-electron chi connectivity index (χ1n) is 5.05. The zero-order valence-corrected chi connectivity index (χ0v) is 11.0. The first-order chi connectivity index (χ1) is 8.39. The fraction of sp³-hybridized carbons (Fsp3) is 0.167. The summed E-state index contributed by atoms with van der Waals surface area (Å²) in [5.74, 6) is -0.535. The van der Waals surface area contributed by atoms with Gasteiger partial charge in [0, 0.05) is 5.02 Å². The summed E-state index contributed by atoms with van der Waals surface area (Å²) in [5.41, 5.74) is -1.12. The molecule has 0 saturated carbocycles. The average molecular weight is 286 g/mol. The molecule has 1 aliphatic rings.